The Hall–Kier alpha value is -3.87. The van der Waals surface area contributed by atoms with Crippen LogP contribution in [0.3, 0.4) is 0 Å². The van der Waals surface area contributed by atoms with Crippen molar-refractivity contribution in [3.8, 4) is 5.88 Å². The van der Waals surface area contributed by atoms with E-state index in [0.717, 1.165) is 61.4 Å². The topological polar surface area (TPSA) is 137 Å². The van der Waals surface area contributed by atoms with Crippen LogP contribution in [0.15, 0.2) is 47.9 Å². The summed E-state index contributed by atoms with van der Waals surface area (Å²) in [6.07, 6.45) is 5.74. The van der Waals surface area contributed by atoms with Gasteiger partial charge in [-0.2, -0.15) is 9.37 Å². The molecule has 13 heteroatoms. The fraction of sp³-hybridized carbons (Fsp3) is 0.393. The van der Waals surface area contributed by atoms with Crippen LogP contribution in [0, 0.1) is 5.82 Å². The lowest BCUT2D eigenvalue weighted by Crippen LogP contribution is -2.39. The lowest BCUT2D eigenvalue weighted by atomic mass is 10.1. The van der Waals surface area contributed by atoms with Crippen molar-refractivity contribution in [1.29, 1.82) is 0 Å². The molecule has 3 aromatic heterocycles. The van der Waals surface area contributed by atoms with Gasteiger partial charge in [0.2, 0.25) is 5.82 Å². The standard InChI is InChI=1S/C28H30ClFN8O3/c29-18-3-1-17(2-4-18)11-25-33-13-21(30)28(35-25)41-19-5-8-37(9-6-19)16-26-34-22-12-23(27(31)36-39)32-14-24(22)38(26)15-20-7-10-40-20/h1-4,12-14,19-20,39H,5-11,15-16H2,(H2,31,36). The second kappa shape index (κ2) is 11.9. The van der Waals surface area contributed by atoms with Gasteiger partial charge < -0.3 is 25.0 Å². The number of hydrogen-bond donors (Lipinski definition) is 2. The number of fused-ring (bicyclic) bond motifs is 1. The number of likely N-dealkylation sites (tertiary alicyclic amines) is 1. The Labute approximate surface area is 240 Å². The summed E-state index contributed by atoms with van der Waals surface area (Å²) in [5.74, 6) is 0.726. The zero-order valence-corrected chi connectivity index (χ0v) is 23.0. The number of ether oxygens (including phenoxy) is 2. The molecular weight excluding hydrogens is 551 g/mol. The molecule has 6 rings (SSSR count). The van der Waals surface area contributed by atoms with Gasteiger partial charge in [0, 0.05) is 31.1 Å². The third-order valence-corrected chi connectivity index (χ3v) is 7.73. The second-order valence-electron chi connectivity index (χ2n) is 10.3. The molecule has 41 heavy (non-hydrogen) atoms. The zero-order chi connectivity index (χ0) is 28.3. The summed E-state index contributed by atoms with van der Waals surface area (Å²) in [6.45, 7) is 3.58. The van der Waals surface area contributed by atoms with Crippen LogP contribution in [-0.2, 0) is 24.2 Å². The quantitative estimate of drug-likeness (QED) is 0.132. The van der Waals surface area contributed by atoms with Crippen LogP contribution >= 0.6 is 11.6 Å². The first kappa shape index (κ1) is 27.3. The van der Waals surface area contributed by atoms with Crippen LogP contribution in [0.25, 0.3) is 11.0 Å². The monoisotopic (exact) mass is 580 g/mol. The molecule has 0 bridgehead atoms. The van der Waals surface area contributed by atoms with Gasteiger partial charge in [-0.25, -0.2) is 9.97 Å². The van der Waals surface area contributed by atoms with Gasteiger partial charge in [-0.15, -0.1) is 0 Å². The summed E-state index contributed by atoms with van der Waals surface area (Å²) in [5, 5.41) is 12.7. The molecule has 2 fully saturated rings. The molecule has 4 aromatic rings. The fourth-order valence-corrected chi connectivity index (χ4v) is 5.23. The van der Waals surface area contributed by atoms with Crippen LogP contribution in [0.1, 0.15) is 42.2 Å². The van der Waals surface area contributed by atoms with E-state index in [1.165, 1.54) is 6.20 Å². The Morgan fingerprint density at radius 1 is 1.15 bits per heavy atom. The molecular formula is C28H30ClFN8O3. The molecule has 2 saturated heterocycles. The third-order valence-electron chi connectivity index (χ3n) is 7.48. The van der Waals surface area contributed by atoms with Gasteiger partial charge >= 0.3 is 0 Å². The molecule has 1 unspecified atom stereocenters. The minimum Gasteiger partial charge on any atom is -0.472 e. The molecule has 1 atom stereocenters. The highest BCUT2D eigenvalue weighted by Gasteiger charge is 2.26. The number of nitrogens with two attached hydrogens (primary N) is 1. The molecule has 214 valence electrons. The molecule has 1 aromatic carbocycles. The summed E-state index contributed by atoms with van der Waals surface area (Å²) in [4.78, 5) is 20.0. The van der Waals surface area contributed by atoms with E-state index >= 15 is 0 Å². The maximum Gasteiger partial charge on any atom is 0.254 e. The van der Waals surface area contributed by atoms with Crippen molar-refractivity contribution in [2.24, 2.45) is 10.9 Å². The smallest absolute Gasteiger partial charge is 0.254 e. The molecule has 2 aliphatic rings. The average molecular weight is 581 g/mol. The Balaban J connectivity index is 1.11. The number of amidine groups is 1. The molecule has 3 N–H and O–H groups in total. The van der Waals surface area contributed by atoms with Gasteiger partial charge in [0.05, 0.1) is 42.6 Å². The molecule has 0 spiro atoms. The number of oxime groups is 1. The van der Waals surface area contributed by atoms with E-state index in [1.807, 2.05) is 12.1 Å². The van der Waals surface area contributed by atoms with E-state index in [1.54, 1.807) is 24.4 Å². The average Bonchev–Trinajstić information content (AvgIpc) is 3.30. The van der Waals surface area contributed by atoms with E-state index in [2.05, 4.69) is 29.6 Å². The van der Waals surface area contributed by atoms with Crippen molar-refractivity contribution in [3.63, 3.8) is 0 Å². The van der Waals surface area contributed by atoms with Crippen molar-refractivity contribution >= 4 is 28.5 Å². The van der Waals surface area contributed by atoms with Crippen molar-refractivity contribution in [2.45, 2.75) is 51.0 Å². The highest BCUT2D eigenvalue weighted by molar-refractivity contribution is 6.30. The van der Waals surface area contributed by atoms with Crippen LogP contribution in [0.2, 0.25) is 5.02 Å². The maximum atomic E-state index is 14.5. The van der Waals surface area contributed by atoms with E-state index in [4.69, 9.17) is 37.0 Å². The molecule has 5 heterocycles. The van der Waals surface area contributed by atoms with Crippen LogP contribution in [0.4, 0.5) is 4.39 Å². The van der Waals surface area contributed by atoms with Crippen LogP contribution < -0.4 is 10.5 Å². The molecule has 0 saturated carbocycles. The van der Waals surface area contributed by atoms with E-state index < -0.39 is 5.82 Å². The number of piperidine rings is 1. The Kier molecular flexibility index (Phi) is 7.95. The number of halogens is 2. The molecule has 0 radical (unpaired) electrons. The molecule has 11 nitrogen and oxygen atoms in total. The number of pyridine rings is 1. The van der Waals surface area contributed by atoms with Crippen LogP contribution in [0.5, 0.6) is 5.88 Å². The van der Waals surface area contributed by atoms with Gasteiger partial charge in [-0.05, 0) is 43.0 Å². The third kappa shape index (κ3) is 6.24. The Bertz CT molecular complexity index is 1550. The van der Waals surface area contributed by atoms with Gasteiger partial charge in [-0.3, -0.25) is 9.88 Å². The maximum absolute atomic E-state index is 14.5. The lowest BCUT2D eigenvalue weighted by molar-refractivity contribution is -0.0592. The highest BCUT2D eigenvalue weighted by Crippen LogP contribution is 2.25. The van der Waals surface area contributed by atoms with E-state index in [0.29, 0.717) is 36.1 Å². The number of imidazole rings is 1. The number of hydrogen-bond acceptors (Lipinski definition) is 9. The first-order chi connectivity index (χ1) is 19.9. The number of rotatable bonds is 9. The highest BCUT2D eigenvalue weighted by atomic mass is 35.5. The van der Waals surface area contributed by atoms with E-state index in [9.17, 15) is 4.39 Å². The molecule has 2 aliphatic heterocycles. The zero-order valence-electron chi connectivity index (χ0n) is 22.3. The summed E-state index contributed by atoms with van der Waals surface area (Å²) in [5.41, 5.74) is 8.68. The van der Waals surface area contributed by atoms with E-state index in [-0.39, 0.29) is 23.9 Å². The van der Waals surface area contributed by atoms with Gasteiger partial charge in [0.25, 0.3) is 5.88 Å². The minimum atomic E-state index is -0.570. The van der Waals surface area contributed by atoms with Crippen molar-refractivity contribution < 1.29 is 19.1 Å². The summed E-state index contributed by atoms with van der Waals surface area (Å²) in [7, 11) is 0. The molecule has 0 aliphatic carbocycles. The SMILES string of the molecule is NC(=NO)c1cc2nc(CN3CCC(Oc4nc(Cc5ccc(Cl)cc5)ncc4F)CC3)n(CC3CCO3)c2cn1. The fourth-order valence-electron chi connectivity index (χ4n) is 5.10. The van der Waals surface area contributed by atoms with Gasteiger partial charge in [0.15, 0.2) is 5.84 Å². The first-order valence-corrected chi connectivity index (χ1v) is 13.9. The predicted molar refractivity (Wildman–Crippen MR) is 150 cm³/mol. The van der Waals surface area contributed by atoms with Crippen molar-refractivity contribution in [3.05, 3.63) is 76.5 Å². The second-order valence-corrected chi connectivity index (χ2v) is 10.7. The normalized spacial score (nSPS) is 18.5. The number of benzene rings is 1. The first-order valence-electron chi connectivity index (χ1n) is 13.5. The summed E-state index contributed by atoms with van der Waals surface area (Å²) in [6, 6.07) is 9.12. The van der Waals surface area contributed by atoms with Gasteiger partial charge in [-0.1, -0.05) is 28.9 Å². The van der Waals surface area contributed by atoms with Crippen molar-refractivity contribution in [1.82, 2.24) is 29.4 Å². The number of nitrogens with zero attached hydrogens (tertiary/aromatic N) is 7. The van der Waals surface area contributed by atoms with Gasteiger partial charge in [0.1, 0.15) is 23.4 Å². The Morgan fingerprint density at radius 3 is 2.63 bits per heavy atom. The summed E-state index contributed by atoms with van der Waals surface area (Å²) >= 11 is 5.97. The summed E-state index contributed by atoms with van der Waals surface area (Å²) < 4.78 is 28.4. The minimum absolute atomic E-state index is 0.0151. The molecule has 0 amide bonds. The number of aromatic nitrogens is 5. The van der Waals surface area contributed by atoms with Crippen LogP contribution in [-0.4, -0.2) is 72.4 Å². The Morgan fingerprint density at radius 2 is 1.93 bits per heavy atom. The largest absolute Gasteiger partial charge is 0.472 e. The van der Waals surface area contributed by atoms with Crippen molar-refractivity contribution in [2.75, 3.05) is 19.7 Å². The predicted octanol–water partition coefficient (Wildman–Crippen LogP) is 3.53. The lowest BCUT2D eigenvalue weighted by Gasteiger charge is -2.32.